The summed E-state index contributed by atoms with van der Waals surface area (Å²) in [5.41, 5.74) is 0. The molecule has 0 aromatic rings. The summed E-state index contributed by atoms with van der Waals surface area (Å²) in [4.78, 5) is 38.0. The van der Waals surface area contributed by atoms with E-state index in [4.69, 9.17) is 14.2 Å². The number of hydrogen-bond donors (Lipinski definition) is 0. The topological polar surface area (TPSA) is 78.9 Å². The van der Waals surface area contributed by atoms with Crippen LogP contribution in [0.25, 0.3) is 0 Å². The van der Waals surface area contributed by atoms with Crippen LogP contribution in [-0.4, -0.2) is 37.2 Å². The Morgan fingerprint density at radius 1 is 0.258 bits per heavy atom. The van der Waals surface area contributed by atoms with E-state index >= 15 is 0 Å². The quantitative estimate of drug-likeness (QED) is 0.0344. The third-order valence-electron chi connectivity index (χ3n) is 12.9. The van der Waals surface area contributed by atoms with Crippen LogP contribution >= 0.6 is 0 Å². The van der Waals surface area contributed by atoms with Crippen molar-refractivity contribution in [2.75, 3.05) is 13.2 Å². The van der Waals surface area contributed by atoms with Crippen molar-refractivity contribution in [3.05, 3.63) is 0 Å². The summed E-state index contributed by atoms with van der Waals surface area (Å²) in [6.07, 6.45) is 56.6. The Balaban J connectivity index is 4.25. The Morgan fingerprint density at radius 3 is 0.645 bits per heavy atom. The van der Waals surface area contributed by atoms with Crippen LogP contribution in [0, 0.1) is 0 Å². The lowest BCUT2D eigenvalue weighted by molar-refractivity contribution is -0.167. The number of carbonyl (C=O) groups excluding carboxylic acids is 3. The molecule has 1 atom stereocenters. The van der Waals surface area contributed by atoms with Crippen LogP contribution in [0.5, 0.6) is 0 Å². The molecule has 0 N–H and O–H groups in total. The van der Waals surface area contributed by atoms with Crippen molar-refractivity contribution in [1.82, 2.24) is 0 Å². The van der Waals surface area contributed by atoms with Crippen molar-refractivity contribution in [3.8, 4) is 0 Å². The maximum absolute atomic E-state index is 12.8. The summed E-state index contributed by atoms with van der Waals surface area (Å²) in [5.74, 6) is -0.836. The molecule has 0 aliphatic heterocycles. The number of carbonyl (C=O) groups is 3. The van der Waals surface area contributed by atoms with E-state index in [0.29, 0.717) is 19.3 Å². The van der Waals surface area contributed by atoms with Gasteiger partial charge in [-0.05, 0) is 19.3 Å². The first kappa shape index (κ1) is 60.4. The third-order valence-corrected chi connectivity index (χ3v) is 12.9. The fourth-order valence-electron chi connectivity index (χ4n) is 8.62. The number of rotatable bonds is 52. The average Bonchev–Trinajstić information content (AvgIpc) is 3.27. The number of ether oxygens (including phenoxy) is 3. The van der Waals surface area contributed by atoms with Gasteiger partial charge in [0.05, 0.1) is 0 Å². The molecule has 0 unspecified atom stereocenters. The van der Waals surface area contributed by atoms with E-state index in [1.807, 2.05) is 0 Å². The predicted octanol–water partition coefficient (Wildman–Crippen LogP) is 18.4. The van der Waals surface area contributed by atoms with Crippen LogP contribution in [0.15, 0.2) is 0 Å². The van der Waals surface area contributed by atoms with Gasteiger partial charge in [0.25, 0.3) is 0 Å². The second-order valence-electron chi connectivity index (χ2n) is 19.2. The van der Waals surface area contributed by atoms with Gasteiger partial charge in [0, 0.05) is 19.3 Å². The minimum Gasteiger partial charge on any atom is -0.462 e. The lowest BCUT2D eigenvalue weighted by atomic mass is 10.0. The van der Waals surface area contributed by atoms with Gasteiger partial charge in [0.1, 0.15) is 13.2 Å². The molecule has 0 aliphatic carbocycles. The second-order valence-corrected chi connectivity index (χ2v) is 19.2. The van der Waals surface area contributed by atoms with Gasteiger partial charge in [-0.25, -0.2) is 0 Å². The average molecular weight is 877 g/mol. The van der Waals surface area contributed by atoms with E-state index in [1.165, 1.54) is 225 Å². The standard InChI is InChI=1S/C56H108O6/c1-4-7-10-13-16-19-22-24-26-27-28-29-30-32-35-38-41-44-47-50-56(59)62-53(51-60-54(57)48-45-42-39-36-33-21-18-15-12-9-6-3)52-61-55(58)49-46-43-40-37-34-31-25-23-20-17-14-11-8-5-2/h53H,4-52H2,1-3H3/t53-/m0/s1. The summed E-state index contributed by atoms with van der Waals surface area (Å²) in [7, 11) is 0. The summed E-state index contributed by atoms with van der Waals surface area (Å²) >= 11 is 0. The maximum atomic E-state index is 12.8. The molecule has 0 amide bonds. The molecular formula is C56H108O6. The molecule has 0 spiro atoms. The lowest BCUT2D eigenvalue weighted by Gasteiger charge is -2.18. The zero-order valence-corrected chi connectivity index (χ0v) is 42.2. The van der Waals surface area contributed by atoms with Crippen molar-refractivity contribution < 1.29 is 28.6 Å². The normalized spacial score (nSPS) is 11.9. The first-order valence-corrected chi connectivity index (χ1v) is 28.0. The van der Waals surface area contributed by atoms with E-state index in [1.54, 1.807) is 0 Å². The van der Waals surface area contributed by atoms with Crippen molar-refractivity contribution in [2.24, 2.45) is 0 Å². The largest absolute Gasteiger partial charge is 0.462 e. The van der Waals surface area contributed by atoms with Gasteiger partial charge in [-0.3, -0.25) is 14.4 Å². The van der Waals surface area contributed by atoms with Crippen LogP contribution in [-0.2, 0) is 28.6 Å². The van der Waals surface area contributed by atoms with Gasteiger partial charge in [0.15, 0.2) is 6.10 Å². The second kappa shape index (κ2) is 52.0. The van der Waals surface area contributed by atoms with Crippen LogP contribution in [0.2, 0.25) is 0 Å². The molecule has 0 fully saturated rings. The fourth-order valence-corrected chi connectivity index (χ4v) is 8.62. The van der Waals surface area contributed by atoms with E-state index in [-0.39, 0.29) is 31.1 Å². The first-order chi connectivity index (χ1) is 30.5. The Labute approximate surface area is 387 Å². The van der Waals surface area contributed by atoms with E-state index in [2.05, 4.69) is 20.8 Å². The van der Waals surface area contributed by atoms with Crippen LogP contribution < -0.4 is 0 Å². The van der Waals surface area contributed by atoms with Crippen LogP contribution in [0.4, 0.5) is 0 Å². The van der Waals surface area contributed by atoms with Crippen molar-refractivity contribution in [2.45, 2.75) is 329 Å². The Kier molecular flexibility index (Phi) is 50.7. The summed E-state index contributed by atoms with van der Waals surface area (Å²) in [6, 6.07) is 0. The third kappa shape index (κ3) is 49.4. The van der Waals surface area contributed by atoms with Gasteiger partial charge >= 0.3 is 17.9 Å². The maximum Gasteiger partial charge on any atom is 0.306 e. The summed E-state index contributed by atoms with van der Waals surface area (Å²) in [5, 5.41) is 0. The molecule has 6 heteroatoms. The van der Waals surface area contributed by atoms with Gasteiger partial charge in [-0.15, -0.1) is 0 Å². The van der Waals surface area contributed by atoms with Crippen molar-refractivity contribution >= 4 is 17.9 Å². The number of hydrogen-bond acceptors (Lipinski definition) is 6. The van der Waals surface area contributed by atoms with E-state index in [0.717, 1.165) is 57.8 Å². The zero-order valence-electron chi connectivity index (χ0n) is 42.2. The van der Waals surface area contributed by atoms with Crippen LogP contribution in [0.1, 0.15) is 323 Å². The van der Waals surface area contributed by atoms with E-state index < -0.39 is 6.10 Å². The minimum absolute atomic E-state index is 0.0614. The predicted molar refractivity (Wildman–Crippen MR) is 266 cm³/mol. The summed E-state index contributed by atoms with van der Waals surface area (Å²) < 4.78 is 16.8. The molecule has 0 saturated heterocycles. The molecule has 0 aliphatic rings. The highest BCUT2D eigenvalue weighted by Gasteiger charge is 2.19. The van der Waals surface area contributed by atoms with Gasteiger partial charge in [-0.1, -0.05) is 284 Å². The molecule has 0 rings (SSSR count). The van der Waals surface area contributed by atoms with Gasteiger partial charge < -0.3 is 14.2 Å². The zero-order chi connectivity index (χ0) is 45.1. The molecule has 0 bridgehead atoms. The molecule has 62 heavy (non-hydrogen) atoms. The van der Waals surface area contributed by atoms with E-state index in [9.17, 15) is 14.4 Å². The summed E-state index contributed by atoms with van der Waals surface area (Å²) in [6.45, 7) is 6.69. The molecule has 0 aromatic carbocycles. The van der Waals surface area contributed by atoms with Gasteiger partial charge in [0.2, 0.25) is 0 Å². The molecule has 368 valence electrons. The minimum atomic E-state index is -0.760. The molecule has 0 heterocycles. The van der Waals surface area contributed by atoms with Crippen molar-refractivity contribution in [3.63, 3.8) is 0 Å². The molecular weight excluding hydrogens is 769 g/mol. The van der Waals surface area contributed by atoms with Gasteiger partial charge in [-0.2, -0.15) is 0 Å². The molecule has 0 aromatic heterocycles. The van der Waals surface area contributed by atoms with Crippen molar-refractivity contribution in [1.29, 1.82) is 0 Å². The Morgan fingerprint density at radius 2 is 0.435 bits per heavy atom. The fraction of sp³-hybridized carbons (Fsp3) is 0.946. The highest BCUT2D eigenvalue weighted by Crippen LogP contribution is 2.17. The first-order valence-electron chi connectivity index (χ1n) is 28.0. The molecule has 0 saturated carbocycles. The highest BCUT2D eigenvalue weighted by molar-refractivity contribution is 5.71. The monoisotopic (exact) mass is 877 g/mol. The smallest absolute Gasteiger partial charge is 0.306 e. The Hall–Kier alpha value is -1.59. The number of esters is 3. The Bertz CT molecular complexity index is 920. The SMILES string of the molecule is CCCCCCCCCCCCCCCCCCCCCC(=O)O[C@@H](COC(=O)CCCCCCCCCCCCC)COC(=O)CCCCCCCCCCCCCCCC. The lowest BCUT2D eigenvalue weighted by Crippen LogP contribution is -2.30. The van der Waals surface area contributed by atoms with Crippen LogP contribution in [0.3, 0.4) is 0 Å². The molecule has 6 nitrogen and oxygen atoms in total. The highest BCUT2D eigenvalue weighted by atomic mass is 16.6. The number of unbranched alkanes of at least 4 members (excludes halogenated alkanes) is 41. The molecule has 0 radical (unpaired) electrons.